The van der Waals surface area contributed by atoms with Gasteiger partial charge in [-0.05, 0) is 0 Å². The minimum atomic E-state index is -3.15. The second-order valence-electron chi connectivity index (χ2n) is 3.94. The van der Waals surface area contributed by atoms with Crippen LogP contribution in [0.15, 0.2) is 0 Å². The number of nitrogens with one attached hydrogen (secondary N) is 1. The highest BCUT2D eigenvalue weighted by atomic mass is 32.2. The van der Waals surface area contributed by atoms with E-state index in [-0.39, 0.29) is 11.5 Å². The molecule has 0 saturated carbocycles. The van der Waals surface area contributed by atoms with Crippen LogP contribution < -0.4 is 11.1 Å². The molecule has 8 nitrogen and oxygen atoms in total. The van der Waals surface area contributed by atoms with Crippen LogP contribution in [0.1, 0.15) is 10.0 Å². The van der Waals surface area contributed by atoms with Gasteiger partial charge in [0, 0.05) is 19.9 Å². The number of sulfone groups is 1. The zero-order valence-corrected chi connectivity index (χ0v) is 13.2. The predicted molar refractivity (Wildman–Crippen MR) is 79.8 cm³/mol. The molecule has 2 heterocycles. The molecule has 0 saturated heterocycles. The van der Waals surface area contributed by atoms with E-state index in [0.717, 1.165) is 0 Å². The standard InChI is InChI=1S/C9H14N6O2S3/c1-11-9-15-13-7(19-9)3-5-20(16,17)4-2-6-12-14-8(10)18-6/h2-5H2,1H3,(H2,10,14)(H,11,15). The second-order valence-corrected chi connectivity index (χ2v) is 8.40. The maximum Gasteiger partial charge on any atom is 0.205 e. The summed E-state index contributed by atoms with van der Waals surface area (Å²) in [6.45, 7) is 0. The normalized spacial score (nSPS) is 11.7. The van der Waals surface area contributed by atoms with Gasteiger partial charge in [-0.3, -0.25) is 0 Å². The number of nitrogens with two attached hydrogens (primary N) is 1. The van der Waals surface area contributed by atoms with Crippen LogP contribution in [-0.2, 0) is 22.7 Å². The van der Waals surface area contributed by atoms with Crippen molar-refractivity contribution in [1.82, 2.24) is 20.4 Å². The van der Waals surface area contributed by atoms with Crippen LogP contribution in [0.25, 0.3) is 0 Å². The van der Waals surface area contributed by atoms with Crippen molar-refractivity contribution in [2.75, 3.05) is 29.6 Å². The molecule has 0 spiro atoms. The minimum absolute atomic E-state index is 0.0410. The average Bonchev–Trinajstić information content (AvgIpc) is 3.03. The molecule has 11 heteroatoms. The Hall–Kier alpha value is -1.33. The molecule has 20 heavy (non-hydrogen) atoms. The molecule has 0 aromatic carbocycles. The number of rotatable bonds is 7. The van der Waals surface area contributed by atoms with Crippen LogP contribution in [0.4, 0.5) is 10.3 Å². The van der Waals surface area contributed by atoms with Gasteiger partial charge in [-0.2, -0.15) is 0 Å². The third-order valence-corrected chi connectivity index (χ3v) is 5.88. The van der Waals surface area contributed by atoms with E-state index in [4.69, 9.17) is 5.73 Å². The Bertz CT molecular complexity index is 665. The molecule has 0 unspecified atom stereocenters. The van der Waals surface area contributed by atoms with E-state index in [2.05, 4.69) is 25.7 Å². The summed E-state index contributed by atoms with van der Waals surface area (Å²) in [7, 11) is -1.40. The number of aryl methyl sites for hydroxylation is 2. The Morgan fingerprint density at radius 1 is 1.05 bits per heavy atom. The van der Waals surface area contributed by atoms with Crippen LogP contribution in [0.2, 0.25) is 0 Å². The van der Waals surface area contributed by atoms with Gasteiger partial charge in [0.25, 0.3) is 0 Å². The molecule has 2 aromatic heterocycles. The fourth-order valence-corrected chi connectivity index (χ4v) is 4.18. The lowest BCUT2D eigenvalue weighted by molar-refractivity contribution is 0.594. The maximum atomic E-state index is 11.9. The van der Waals surface area contributed by atoms with Gasteiger partial charge in [-0.15, -0.1) is 20.4 Å². The Kier molecular flexibility index (Phi) is 4.83. The Morgan fingerprint density at radius 3 is 2.15 bits per heavy atom. The van der Waals surface area contributed by atoms with Gasteiger partial charge in [0.05, 0.1) is 11.5 Å². The number of aromatic nitrogens is 4. The van der Waals surface area contributed by atoms with E-state index in [9.17, 15) is 8.42 Å². The smallest absolute Gasteiger partial charge is 0.205 e. The third-order valence-electron chi connectivity index (χ3n) is 2.42. The highest BCUT2D eigenvalue weighted by Gasteiger charge is 2.14. The summed E-state index contributed by atoms with van der Waals surface area (Å²) in [6, 6.07) is 0. The van der Waals surface area contributed by atoms with Crippen molar-refractivity contribution < 1.29 is 8.42 Å². The maximum absolute atomic E-state index is 11.9. The zero-order valence-electron chi connectivity index (χ0n) is 10.7. The summed E-state index contributed by atoms with van der Waals surface area (Å²) in [6.07, 6.45) is 0.717. The van der Waals surface area contributed by atoms with Crippen LogP contribution in [0.5, 0.6) is 0 Å². The van der Waals surface area contributed by atoms with E-state index in [1.165, 1.54) is 22.7 Å². The molecule has 2 rings (SSSR count). The van der Waals surface area contributed by atoms with Gasteiger partial charge < -0.3 is 11.1 Å². The summed E-state index contributed by atoms with van der Waals surface area (Å²) >= 11 is 2.57. The lowest BCUT2D eigenvalue weighted by atomic mass is 10.5. The molecule has 0 fully saturated rings. The fraction of sp³-hybridized carbons (Fsp3) is 0.556. The van der Waals surface area contributed by atoms with Crippen molar-refractivity contribution in [3.63, 3.8) is 0 Å². The Balaban J connectivity index is 1.84. The second kappa shape index (κ2) is 6.41. The Morgan fingerprint density at radius 2 is 1.65 bits per heavy atom. The van der Waals surface area contributed by atoms with Gasteiger partial charge in [-0.1, -0.05) is 22.7 Å². The molecule has 0 amide bonds. The van der Waals surface area contributed by atoms with Crippen molar-refractivity contribution in [3.05, 3.63) is 10.0 Å². The number of hydrogen-bond donors (Lipinski definition) is 2. The highest BCUT2D eigenvalue weighted by molar-refractivity contribution is 7.91. The lowest BCUT2D eigenvalue weighted by Gasteiger charge is -2.00. The van der Waals surface area contributed by atoms with E-state index in [1.807, 2.05) is 0 Å². The quantitative estimate of drug-likeness (QED) is 0.736. The molecule has 0 aliphatic rings. The SMILES string of the molecule is CNc1nnc(CCS(=O)(=O)CCc2nnc(N)s2)s1. The van der Waals surface area contributed by atoms with Crippen molar-refractivity contribution in [2.24, 2.45) is 0 Å². The van der Waals surface area contributed by atoms with E-state index < -0.39 is 9.84 Å². The molecular weight excluding hydrogens is 320 g/mol. The first-order valence-electron chi connectivity index (χ1n) is 5.77. The van der Waals surface area contributed by atoms with E-state index in [0.29, 0.717) is 33.1 Å². The van der Waals surface area contributed by atoms with Gasteiger partial charge in [0.2, 0.25) is 10.3 Å². The number of nitrogens with zero attached hydrogens (tertiary/aromatic N) is 4. The first-order chi connectivity index (χ1) is 9.48. The molecule has 110 valence electrons. The molecule has 0 aliphatic carbocycles. The number of nitrogen functional groups attached to an aromatic ring is 1. The van der Waals surface area contributed by atoms with E-state index in [1.54, 1.807) is 7.05 Å². The van der Waals surface area contributed by atoms with E-state index >= 15 is 0 Å². The Labute approximate surface area is 124 Å². The molecule has 0 atom stereocenters. The molecule has 0 radical (unpaired) electrons. The van der Waals surface area contributed by atoms with Gasteiger partial charge in [0.15, 0.2) is 9.84 Å². The van der Waals surface area contributed by atoms with Crippen LogP contribution >= 0.6 is 22.7 Å². The van der Waals surface area contributed by atoms with Crippen LogP contribution in [0, 0.1) is 0 Å². The largest absolute Gasteiger partial charge is 0.374 e. The minimum Gasteiger partial charge on any atom is -0.374 e. The van der Waals surface area contributed by atoms with Crippen molar-refractivity contribution in [1.29, 1.82) is 0 Å². The third kappa shape index (κ3) is 4.35. The molecule has 3 N–H and O–H groups in total. The molecule has 2 aromatic rings. The molecule has 0 aliphatic heterocycles. The summed E-state index contributed by atoms with van der Waals surface area (Å²) in [5, 5.41) is 20.5. The number of anilines is 2. The lowest BCUT2D eigenvalue weighted by Crippen LogP contribution is -2.14. The number of hydrogen-bond acceptors (Lipinski definition) is 10. The fourth-order valence-electron chi connectivity index (χ4n) is 1.41. The van der Waals surface area contributed by atoms with Crippen LogP contribution in [0.3, 0.4) is 0 Å². The monoisotopic (exact) mass is 334 g/mol. The van der Waals surface area contributed by atoms with Crippen LogP contribution in [-0.4, -0.2) is 47.4 Å². The predicted octanol–water partition coefficient (Wildman–Crippen LogP) is 0.214. The summed E-state index contributed by atoms with van der Waals surface area (Å²) in [5.41, 5.74) is 5.44. The van der Waals surface area contributed by atoms with Crippen molar-refractivity contribution in [3.8, 4) is 0 Å². The first-order valence-corrected chi connectivity index (χ1v) is 9.22. The summed E-state index contributed by atoms with van der Waals surface area (Å²) in [5.74, 6) is 0.0962. The van der Waals surface area contributed by atoms with Gasteiger partial charge in [-0.25, -0.2) is 8.42 Å². The van der Waals surface area contributed by atoms with Gasteiger partial charge in [0.1, 0.15) is 10.0 Å². The summed E-state index contributed by atoms with van der Waals surface area (Å²) in [4.78, 5) is 0. The van der Waals surface area contributed by atoms with Crippen molar-refractivity contribution in [2.45, 2.75) is 12.8 Å². The zero-order chi connectivity index (χ0) is 14.6. The van der Waals surface area contributed by atoms with Crippen molar-refractivity contribution >= 4 is 42.8 Å². The molecular formula is C9H14N6O2S3. The van der Waals surface area contributed by atoms with Gasteiger partial charge >= 0.3 is 0 Å². The molecule has 0 bridgehead atoms. The first kappa shape index (κ1) is 15.1. The topological polar surface area (TPSA) is 124 Å². The summed E-state index contributed by atoms with van der Waals surface area (Å²) < 4.78 is 23.9. The highest BCUT2D eigenvalue weighted by Crippen LogP contribution is 2.16. The average molecular weight is 334 g/mol.